The van der Waals surface area contributed by atoms with E-state index in [1.54, 1.807) is 24.3 Å². The monoisotopic (exact) mass is 280 g/mol. The molecule has 0 radical (unpaired) electrons. The lowest BCUT2D eigenvalue weighted by Crippen LogP contribution is -2.36. The number of carbonyl (C=O) groups excluding carboxylic acids is 1. The van der Waals surface area contributed by atoms with Crippen molar-refractivity contribution in [2.24, 2.45) is 5.41 Å². The Bertz CT molecular complexity index is 416. The summed E-state index contributed by atoms with van der Waals surface area (Å²) in [7, 11) is 0. The van der Waals surface area contributed by atoms with Gasteiger partial charge in [-0.15, -0.1) is 0 Å². The first-order chi connectivity index (χ1) is 9.43. The Morgan fingerprint density at radius 1 is 1.20 bits per heavy atom. The zero-order chi connectivity index (χ0) is 15.0. The molecule has 2 amide bonds. The largest absolute Gasteiger partial charge is 0.508 e. The molecule has 0 spiro atoms. The number of phenols is 1. The van der Waals surface area contributed by atoms with Crippen LogP contribution in [0, 0.1) is 5.41 Å². The van der Waals surface area contributed by atoms with Crippen molar-refractivity contribution in [2.75, 3.05) is 13.2 Å². The number of carbonyl (C=O) groups is 1. The molecule has 5 heteroatoms. The third kappa shape index (κ3) is 6.43. The van der Waals surface area contributed by atoms with E-state index in [1.165, 1.54) is 0 Å². The summed E-state index contributed by atoms with van der Waals surface area (Å²) in [6.07, 6.45) is 1.70. The summed E-state index contributed by atoms with van der Waals surface area (Å²) >= 11 is 0. The number of aromatic hydroxyl groups is 1. The molecule has 0 saturated heterocycles. The highest BCUT2D eigenvalue weighted by Crippen LogP contribution is 2.20. The molecule has 0 aliphatic rings. The third-order valence-electron chi connectivity index (χ3n) is 3.13. The van der Waals surface area contributed by atoms with Crippen molar-refractivity contribution in [1.82, 2.24) is 10.6 Å². The number of aliphatic hydroxyl groups is 1. The van der Waals surface area contributed by atoms with Gasteiger partial charge in [0.1, 0.15) is 5.75 Å². The molecule has 1 rings (SSSR count). The van der Waals surface area contributed by atoms with Gasteiger partial charge in [-0.2, -0.15) is 0 Å². The van der Waals surface area contributed by atoms with E-state index in [9.17, 15) is 4.79 Å². The van der Waals surface area contributed by atoms with E-state index in [1.807, 2.05) is 13.8 Å². The van der Waals surface area contributed by atoms with Crippen molar-refractivity contribution < 1.29 is 15.0 Å². The lowest BCUT2D eigenvalue weighted by molar-refractivity contribution is 0.148. The van der Waals surface area contributed by atoms with Crippen LogP contribution < -0.4 is 10.6 Å². The molecule has 0 atom stereocenters. The smallest absolute Gasteiger partial charge is 0.315 e. The van der Waals surface area contributed by atoms with Crippen LogP contribution in [0.1, 0.15) is 32.3 Å². The molecule has 0 aromatic heterocycles. The number of urea groups is 1. The van der Waals surface area contributed by atoms with Gasteiger partial charge in [-0.3, -0.25) is 0 Å². The summed E-state index contributed by atoms with van der Waals surface area (Å²) in [5.74, 6) is 0.213. The van der Waals surface area contributed by atoms with Gasteiger partial charge in [-0.05, 0) is 36.0 Å². The van der Waals surface area contributed by atoms with Gasteiger partial charge >= 0.3 is 6.03 Å². The fourth-order valence-corrected chi connectivity index (χ4v) is 1.71. The molecular weight excluding hydrogens is 256 g/mol. The van der Waals surface area contributed by atoms with Crippen molar-refractivity contribution >= 4 is 6.03 Å². The molecule has 4 N–H and O–H groups in total. The predicted octanol–water partition coefficient (Wildman–Crippen LogP) is 1.99. The SMILES string of the molecule is CC(C)(CO)CCCNC(=O)NCc1ccc(O)cc1. The topological polar surface area (TPSA) is 81.6 Å². The van der Waals surface area contributed by atoms with Gasteiger partial charge < -0.3 is 20.8 Å². The first-order valence-corrected chi connectivity index (χ1v) is 6.83. The van der Waals surface area contributed by atoms with Gasteiger partial charge in [-0.1, -0.05) is 26.0 Å². The highest BCUT2D eigenvalue weighted by molar-refractivity contribution is 5.73. The van der Waals surface area contributed by atoms with Crippen LogP contribution in [0.5, 0.6) is 5.75 Å². The van der Waals surface area contributed by atoms with E-state index in [4.69, 9.17) is 10.2 Å². The molecular formula is C15H24N2O3. The Morgan fingerprint density at radius 2 is 1.85 bits per heavy atom. The second kappa shape index (κ2) is 7.75. The predicted molar refractivity (Wildman–Crippen MR) is 78.4 cm³/mol. The third-order valence-corrected chi connectivity index (χ3v) is 3.13. The van der Waals surface area contributed by atoms with Crippen LogP contribution >= 0.6 is 0 Å². The van der Waals surface area contributed by atoms with Gasteiger partial charge in [0, 0.05) is 19.7 Å². The highest BCUT2D eigenvalue weighted by atomic mass is 16.3. The molecule has 1 aromatic rings. The molecule has 112 valence electrons. The number of nitrogens with one attached hydrogen (secondary N) is 2. The van der Waals surface area contributed by atoms with Crippen LogP contribution in [-0.4, -0.2) is 29.4 Å². The van der Waals surface area contributed by atoms with E-state index < -0.39 is 0 Å². The minimum absolute atomic E-state index is 0.0931. The van der Waals surface area contributed by atoms with E-state index in [0.29, 0.717) is 13.1 Å². The maximum Gasteiger partial charge on any atom is 0.315 e. The number of benzene rings is 1. The summed E-state index contributed by atoms with van der Waals surface area (Å²) < 4.78 is 0. The molecule has 0 fully saturated rings. The number of hydrogen-bond acceptors (Lipinski definition) is 3. The summed E-state index contributed by atoms with van der Waals surface area (Å²) in [4.78, 5) is 11.6. The average Bonchev–Trinajstić information content (AvgIpc) is 2.43. The fourth-order valence-electron chi connectivity index (χ4n) is 1.71. The lowest BCUT2D eigenvalue weighted by Gasteiger charge is -2.21. The summed E-state index contributed by atoms with van der Waals surface area (Å²) in [5, 5.41) is 23.8. The van der Waals surface area contributed by atoms with Gasteiger partial charge in [0.25, 0.3) is 0 Å². The molecule has 5 nitrogen and oxygen atoms in total. The minimum atomic E-state index is -0.208. The van der Waals surface area contributed by atoms with Crippen LogP contribution in [0.25, 0.3) is 0 Å². The first-order valence-electron chi connectivity index (χ1n) is 6.83. The van der Waals surface area contributed by atoms with E-state index in [2.05, 4.69) is 10.6 Å². The molecule has 20 heavy (non-hydrogen) atoms. The quantitative estimate of drug-likeness (QED) is 0.577. The number of aliphatic hydroxyl groups excluding tert-OH is 1. The summed E-state index contributed by atoms with van der Waals surface area (Å²) in [6, 6.07) is 6.50. The summed E-state index contributed by atoms with van der Waals surface area (Å²) in [6.45, 7) is 5.16. The molecule has 0 aliphatic heterocycles. The number of rotatable bonds is 7. The molecule has 0 bridgehead atoms. The number of phenolic OH excluding ortho intramolecular Hbond substituents is 1. The van der Waals surface area contributed by atoms with Gasteiger partial charge in [0.15, 0.2) is 0 Å². The molecule has 0 unspecified atom stereocenters. The first kappa shape index (κ1) is 16.3. The van der Waals surface area contributed by atoms with Crippen LogP contribution in [0.4, 0.5) is 4.79 Å². The molecule has 0 aliphatic carbocycles. The Hall–Kier alpha value is -1.75. The molecule has 0 heterocycles. The Morgan fingerprint density at radius 3 is 2.45 bits per heavy atom. The van der Waals surface area contributed by atoms with E-state index in [0.717, 1.165) is 18.4 Å². The van der Waals surface area contributed by atoms with Crippen LogP contribution in [0.2, 0.25) is 0 Å². The van der Waals surface area contributed by atoms with Crippen LogP contribution in [0.15, 0.2) is 24.3 Å². The van der Waals surface area contributed by atoms with Crippen molar-refractivity contribution in [3.63, 3.8) is 0 Å². The van der Waals surface area contributed by atoms with Crippen LogP contribution in [-0.2, 0) is 6.54 Å². The maximum atomic E-state index is 11.6. The van der Waals surface area contributed by atoms with E-state index >= 15 is 0 Å². The zero-order valence-electron chi connectivity index (χ0n) is 12.1. The average molecular weight is 280 g/mol. The minimum Gasteiger partial charge on any atom is -0.508 e. The van der Waals surface area contributed by atoms with Gasteiger partial charge in [0.05, 0.1) is 0 Å². The second-order valence-electron chi connectivity index (χ2n) is 5.70. The zero-order valence-corrected chi connectivity index (χ0v) is 12.1. The Balaban J connectivity index is 2.16. The second-order valence-corrected chi connectivity index (χ2v) is 5.70. The van der Waals surface area contributed by atoms with Crippen LogP contribution in [0.3, 0.4) is 0 Å². The standard InChI is InChI=1S/C15H24N2O3/c1-15(2,11-18)8-3-9-16-14(20)17-10-12-4-6-13(19)7-5-12/h4-7,18-19H,3,8-11H2,1-2H3,(H2,16,17,20). The normalized spacial score (nSPS) is 11.2. The van der Waals surface area contributed by atoms with E-state index in [-0.39, 0.29) is 23.8 Å². The van der Waals surface area contributed by atoms with Crippen molar-refractivity contribution in [3.8, 4) is 5.75 Å². The Kier molecular flexibility index (Phi) is 6.31. The highest BCUT2D eigenvalue weighted by Gasteiger charge is 2.15. The lowest BCUT2D eigenvalue weighted by atomic mass is 9.89. The molecule has 0 saturated carbocycles. The fraction of sp³-hybridized carbons (Fsp3) is 0.533. The number of hydrogen-bond donors (Lipinski definition) is 4. The van der Waals surface area contributed by atoms with Gasteiger partial charge in [0.2, 0.25) is 0 Å². The maximum absolute atomic E-state index is 11.6. The summed E-state index contributed by atoms with van der Waals surface area (Å²) in [5.41, 5.74) is 0.837. The molecule has 1 aromatic carbocycles. The Labute approximate surface area is 120 Å². The number of amides is 2. The van der Waals surface area contributed by atoms with Crippen molar-refractivity contribution in [1.29, 1.82) is 0 Å². The van der Waals surface area contributed by atoms with Crippen molar-refractivity contribution in [3.05, 3.63) is 29.8 Å². The van der Waals surface area contributed by atoms with Gasteiger partial charge in [-0.25, -0.2) is 4.79 Å². The van der Waals surface area contributed by atoms with Crippen molar-refractivity contribution in [2.45, 2.75) is 33.2 Å².